The summed E-state index contributed by atoms with van der Waals surface area (Å²) in [5, 5.41) is 0. The van der Waals surface area contributed by atoms with Crippen LogP contribution >= 0.6 is 31.3 Å². The van der Waals surface area contributed by atoms with E-state index in [1.165, 1.54) is 0 Å². The Morgan fingerprint density at radius 3 is 1.11 bits per heavy atom. The number of hydrogen-bond donors (Lipinski definition) is 6. The van der Waals surface area contributed by atoms with Gasteiger partial charge in [-0.3, -0.25) is 9.05 Å². The Kier molecular flexibility index (Phi) is 13.6. The predicted molar refractivity (Wildman–Crippen MR) is 96.7 cm³/mol. The van der Waals surface area contributed by atoms with E-state index in [9.17, 15) is 18.3 Å². The Bertz CT molecular complexity index is 645. The molecule has 0 aromatic rings. The topological polar surface area (TPSA) is 227 Å². The lowest BCUT2D eigenvalue weighted by Crippen LogP contribution is -1.96. The van der Waals surface area contributed by atoms with Gasteiger partial charge in [-0.25, -0.2) is 18.3 Å². The second-order valence-corrected chi connectivity index (χ2v) is 10.8. The molecule has 14 nitrogen and oxygen atoms in total. The third kappa shape index (κ3) is 24.0. The molecule has 0 amide bonds. The van der Waals surface area contributed by atoms with Crippen LogP contribution in [-0.4, -0.2) is 42.6 Å². The fourth-order valence-electron chi connectivity index (χ4n) is 0.986. The second kappa shape index (κ2) is 12.6. The number of phosphoric ester groups is 2. The van der Waals surface area contributed by atoms with Crippen molar-refractivity contribution < 1.29 is 65.3 Å². The summed E-state index contributed by atoms with van der Waals surface area (Å²) in [5.74, 6) is 0. The smallest absolute Gasteiger partial charge is 0.302 e. The molecule has 0 radical (unpaired) electrons. The van der Waals surface area contributed by atoms with Crippen LogP contribution in [0.2, 0.25) is 0 Å². The average Bonchev–Trinajstić information content (AvgIpc) is 2.31. The van der Waals surface area contributed by atoms with Crippen LogP contribution in [0.1, 0.15) is 26.7 Å². The third-order valence-electron chi connectivity index (χ3n) is 1.99. The Labute approximate surface area is 161 Å². The first-order valence-corrected chi connectivity index (χ1v) is 13.1. The molecule has 0 aliphatic heterocycles. The Morgan fingerprint density at radius 1 is 0.679 bits per heavy atom. The number of phosphoric acid groups is 4. The Balaban J connectivity index is 0. The highest BCUT2D eigenvalue weighted by molar-refractivity contribution is 7.61. The van der Waals surface area contributed by atoms with Gasteiger partial charge in [0.25, 0.3) is 0 Å². The highest BCUT2D eigenvalue weighted by atomic mass is 31.3. The fraction of sp³-hybridized carbons (Fsp3) is 0.600. The molecular formula is C10H24O14P4. The summed E-state index contributed by atoms with van der Waals surface area (Å²) >= 11 is 0. The highest BCUT2D eigenvalue weighted by Crippen LogP contribution is 2.58. The van der Waals surface area contributed by atoms with Gasteiger partial charge in [0.2, 0.25) is 0 Å². The van der Waals surface area contributed by atoms with E-state index >= 15 is 0 Å². The minimum atomic E-state index is -5.01. The zero-order chi connectivity index (χ0) is 22.8. The molecule has 0 saturated heterocycles. The summed E-state index contributed by atoms with van der Waals surface area (Å²) in [7, 11) is -19.4. The van der Waals surface area contributed by atoms with Gasteiger partial charge >= 0.3 is 31.3 Å². The van der Waals surface area contributed by atoms with Crippen molar-refractivity contribution in [3.8, 4) is 0 Å². The van der Waals surface area contributed by atoms with Crippen LogP contribution in [0, 0.1) is 0 Å². The molecule has 0 aliphatic carbocycles. The molecule has 0 rings (SSSR count). The molecule has 28 heavy (non-hydrogen) atoms. The molecule has 0 fully saturated rings. The van der Waals surface area contributed by atoms with Crippen molar-refractivity contribution >= 4 is 31.3 Å². The first-order chi connectivity index (χ1) is 12.2. The van der Waals surface area contributed by atoms with E-state index in [4.69, 9.17) is 29.4 Å². The van der Waals surface area contributed by atoms with Gasteiger partial charge in [0.05, 0.1) is 13.2 Å². The fourth-order valence-corrected chi connectivity index (χ4v) is 4.16. The van der Waals surface area contributed by atoms with Gasteiger partial charge in [0, 0.05) is 0 Å². The minimum absolute atomic E-state index is 0.191. The first kappa shape index (κ1) is 30.2. The van der Waals surface area contributed by atoms with E-state index in [1.54, 1.807) is 13.8 Å². The molecule has 0 heterocycles. The molecule has 0 aliphatic rings. The number of hydrogen-bond acceptors (Lipinski definition) is 8. The molecule has 0 bridgehead atoms. The highest BCUT2D eigenvalue weighted by Gasteiger charge is 2.32. The number of rotatable bonds is 12. The van der Waals surface area contributed by atoms with Gasteiger partial charge in [-0.05, 0) is 26.7 Å². The largest absolute Gasteiger partial charge is 0.481 e. The SMILES string of the molecule is C=C(C)CCOP(=O)(O)OP(=O)(O)O.C=C(C)CCOP(=O)(O)OP(=O)(O)O. The summed E-state index contributed by atoms with van der Waals surface area (Å²) in [6.45, 7) is 9.98. The molecule has 18 heteroatoms. The minimum Gasteiger partial charge on any atom is -0.302 e. The van der Waals surface area contributed by atoms with Crippen LogP contribution in [-0.2, 0) is 35.9 Å². The predicted octanol–water partition coefficient (Wildman–Crippen LogP) is 2.36. The maximum absolute atomic E-state index is 10.8. The Hall–Kier alpha value is -0.0000000000000000971. The summed E-state index contributed by atoms with van der Waals surface area (Å²) in [6, 6.07) is 0. The Morgan fingerprint density at radius 2 is 0.929 bits per heavy atom. The van der Waals surface area contributed by atoms with E-state index in [-0.39, 0.29) is 13.2 Å². The summed E-state index contributed by atoms with van der Waals surface area (Å²) in [6.07, 6.45) is 0.601. The van der Waals surface area contributed by atoms with Crippen molar-refractivity contribution in [3.05, 3.63) is 24.3 Å². The van der Waals surface area contributed by atoms with E-state index in [0.29, 0.717) is 24.0 Å². The first-order valence-electron chi connectivity index (χ1n) is 7.02. The van der Waals surface area contributed by atoms with Gasteiger partial charge in [-0.2, -0.15) is 8.62 Å². The van der Waals surface area contributed by atoms with Crippen LogP contribution < -0.4 is 0 Å². The molecule has 0 spiro atoms. The van der Waals surface area contributed by atoms with Crippen LogP contribution in [0.15, 0.2) is 24.3 Å². The molecule has 6 N–H and O–H groups in total. The van der Waals surface area contributed by atoms with E-state index < -0.39 is 31.3 Å². The average molecular weight is 492 g/mol. The zero-order valence-corrected chi connectivity index (χ0v) is 18.6. The third-order valence-corrected chi connectivity index (χ3v) is 6.36. The van der Waals surface area contributed by atoms with E-state index in [1.807, 2.05) is 0 Å². The summed E-state index contributed by atoms with van der Waals surface area (Å²) < 4.78 is 57.5. The maximum atomic E-state index is 10.8. The van der Waals surface area contributed by atoms with Crippen LogP contribution in [0.4, 0.5) is 0 Å². The van der Waals surface area contributed by atoms with E-state index in [0.717, 1.165) is 0 Å². The molecule has 0 aromatic carbocycles. The molecule has 2 unspecified atom stereocenters. The van der Waals surface area contributed by atoms with Gasteiger partial charge in [0.15, 0.2) is 0 Å². The maximum Gasteiger partial charge on any atom is 0.481 e. The van der Waals surface area contributed by atoms with Crippen LogP contribution in [0.5, 0.6) is 0 Å². The van der Waals surface area contributed by atoms with Crippen molar-refractivity contribution in [2.24, 2.45) is 0 Å². The van der Waals surface area contributed by atoms with Gasteiger partial charge < -0.3 is 29.4 Å². The monoisotopic (exact) mass is 492 g/mol. The van der Waals surface area contributed by atoms with Crippen LogP contribution in [0.3, 0.4) is 0 Å². The lowest BCUT2D eigenvalue weighted by Gasteiger charge is -2.11. The molecule has 2 atom stereocenters. The standard InChI is InChI=1S/2C5H12O7P2/c2*1-5(2)3-4-11-14(9,10)12-13(6,7)8/h2*1,3-4H2,2H3,(H,9,10)(H2,6,7,8). The van der Waals surface area contributed by atoms with Crippen molar-refractivity contribution in [3.63, 3.8) is 0 Å². The van der Waals surface area contributed by atoms with Crippen molar-refractivity contribution in [2.75, 3.05) is 13.2 Å². The lowest BCUT2D eigenvalue weighted by molar-refractivity contribution is 0.177. The van der Waals surface area contributed by atoms with Gasteiger partial charge in [-0.1, -0.05) is 11.1 Å². The molecular weight excluding hydrogens is 468 g/mol. The van der Waals surface area contributed by atoms with Gasteiger partial charge in [0.1, 0.15) is 0 Å². The molecule has 168 valence electrons. The quantitative estimate of drug-likeness (QED) is 0.170. The lowest BCUT2D eigenvalue weighted by atomic mass is 10.3. The van der Waals surface area contributed by atoms with Crippen molar-refractivity contribution in [2.45, 2.75) is 26.7 Å². The van der Waals surface area contributed by atoms with E-state index in [2.05, 4.69) is 30.8 Å². The molecule has 0 aromatic heterocycles. The summed E-state index contributed by atoms with van der Waals surface area (Å²) in [5.41, 5.74) is 1.42. The van der Waals surface area contributed by atoms with Crippen LogP contribution in [0.25, 0.3) is 0 Å². The van der Waals surface area contributed by atoms with Crippen molar-refractivity contribution in [1.29, 1.82) is 0 Å². The van der Waals surface area contributed by atoms with Crippen molar-refractivity contribution in [1.82, 2.24) is 0 Å². The second-order valence-electron chi connectivity index (χ2n) is 5.16. The zero-order valence-electron chi connectivity index (χ0n) is 15.0. The normalized spacial score (nSPS) is 16.3. The summed E-state index contributed by atoms with van der Waals surface area (Å²) in [4.78, 5) is 50.4. The van der Waals surface area contributed by atoms with Gasteiger partial charge in [-0.15, -0.1) is 13.2 Å². The molecule has 0 saturated carbocycles.